The van der Waals surface area contributed by atoms with Crippen LogP contribution < -0.4 is 20.5 Å². The number of halogens is 1. The predicted molar refractivity (Wildman–Crippen MR) is 105 cm³/mol. The molecule has 3 N–H and O–H groups in total. The molecule has 0 bridgehead atoms. The van der Waals surface area contributed by atoms with Gasteiger partial charge in [-0.1, -0.05) is 18.9 Å². The third kappa shape index (κ3) is 4.63. The lowest BCUT2D eigenvalue weighted by Crippen LogP contribution is -2.52. The summed E-state index contributed by atoms with van der Waals surface area (Å²) in [5.74, 6) is 1.44. The fourth-order valence-electron chi connectivity index (χ4n) is 3.89. The first-order chi connectivity index (χ1) is 12.0. The van der Waals surface area contributed by atoms with E-state index in [2.05, 4.69) is 5.32 Å². The zero-order valence-corrected chi connectivity index (χ0v) is 16.6. The largest absolute Gasteiger partial charge is 0.493 e. The van der Waals surface area contributed by atoms with E-state index in [1.165, 1.54) is 12.8 Å². The molecule has 2 fully saturated rings. The Hall–Kier alpha value is -1.46. The van der Waals surface area contributed by atoms with Crippen LogP contribution >= 0.6 is 12.4 Å². The van der Waals surface area contributed by atoms with Crippen LogP contribution in [0.3, 0.4) is 0 Å². The highest BCUT2D eigenvalue weighted by molar-refractivity contribution is 5.86. The van der Waals surface area contributed by atoms with Crippen molar-refractivity contribution in [3.8, 4) is 11.5 Å². The number of carbonyl (C=O) groups excluding carboxylic acids is 1. The minimum absolute atomic E-state index is 0. The zero-order valence-electron chi connectivity index (χ0n) is 15.8. The van der Waals surface area contributed by atoms with Crippen molar-refractivity contribution < 1.29 is 14.3 Å². The number of benzene rings is 1. The second-order valence-corrected chi connectivity index (χ2v) is 7.49. The van der Waals surface area contributed by atoms with Gasteiger partial charge in [-0.15, -0.1) is 12.4 Å². The van der Waals surface area contributed by atoms with Crippen LogP contribution in [0.15, 0.2) is 18.2 Å². The van der Waals surface area contributed by atoms with Crippen LogP contribution in [0.25, 0.3) is 0 Å². The van der Waals surface area contributed by atoms with Crippen molar-refractivity contribution in [2.45, 2.75) is 76.0 Å². The Labute approximate surface area is 162 Å². The molecule has 0 saturated heterocycles. The highest BCUT2D eigenvalue weighted by Gasteiger charge is 2.37. The van der Waals surface area contributed by atoms with Gasteiger partial charge in [0.2, 0.25) is 5.91 Å². The van der Waals surface area contributed by atoms with Crippen LogP contribution in [-0.4, -0.2) is 24.7 Å². The van der Waals surface area contributed by atoms with E-state index in [1.54, 1.807) is 7.11 Å². The van der Waals surface area contributed by atoms with Crippen LogP contribution in [-0.2, 0) is 4.79 Å². The minimum Gasteiger partial charge on any atom is -0.493 e. The molecule has 3 rings (SSSR count). The lowest BCUT2D eigenvalue weighted by atomic mass is 9.97. The third-order valence-corrected chi connectivity index (χ3v) is 5.58. The van der Waals surface area contributed by atoms with Gasteiger partial charge in [0, 0.05) is 0 Å². The monoisotopic (exact) mass is 382 g/mol. The molecule has 5 nitrogen and oxygen atoms in total. The summed E-state index contributed by atoms with van der Waals surface area (Å²) in [6, 6.07) is 5.77. The first-order valence-electron chi connectivity index (χ1n) is 9.46. The molecule has 0 radical (unpaired) electrons. The van der Waals surface area contributed by atoms with Gasteiger partial charge in [0.15, 0.2) is 11.5 Å². The fraction of sp³-hybridized carbons (Fsp3) is 0.650. The first kappa shape index (κ1) is 20.8. The van der Waals surface area contributed by atoms with Crippen LogP contribution in [0.4, 0.5) is 0 Å². The topological polar surface area (TPSA) is 73.6 Å². The van der Waals surface area contributed by atoms with Gasteiger partial charge in [0.05, 0.1) is 24.8 Å². The molecule has 146 valence electrons. The van der Waals surface area contributed by atoms with Gasteiger partial charge >= 0.3 is 0 Å². The number of carbonyl (C=O) groups is 1. The summed E-state index contributed by atoms with van der Waals surface area (Å²) < 4.78 is 11.6. The number of methoxy groups -OCH3 is 1. The number of amides is 1. The number of rotatable bonds is 6. The highest BCUT2D eigenvalue weighted by atomic mass is 35.5. The van der Waals surface area contributed by atoms with Crippen LogP contribution in [0, 0.1) is 0 Å². The van der Waals surface area contributed by atoms with Crippen molar-refractivity contribution in [3.63, 3.8) is 0 Å². The van der Waals surface area contributed by atoms with Crippen molar-refractivity contribution in [3.05, 3.63) is 23.8 Å². The van der Waals surface area contributed by atoms with E-state index in [1.807, 2.05) is 25.1 Å². The standard InChI is InChI=1S/C20H30N2O3.ClH/c1-14(22-19(23)20(21)11-5-6-12-20)15-9-10-17(18(13-15)24-2)25-16-7-3-4-8-16;/h9-10,13-14,16H,3-8,11-12,21H2,1-2H3,(H,22,23);1H. The van der Waals surface area contributed by atoms with Crippen LogP contribution in [0.1, 0.15) is 69.9 Å². The zero-order chi connectivity index (χ0) is 17.9. The molecule has 26 heavy (non-hydrogen) atoms. The molecule has 2 aliphatic rings. The van der Waals surface area contributed by atoms with Crippen molar-refractivity contribution in [1.29, 1.82) is 0 Å². The van der Waals surface area contributed by atoms with E-state index in [-0.39, 0.29) is 30.5 Å². The van der Waals surface area contributed by atoms with Gasteiger partial charge in [-0.05, 0) is 63.1 Å². The molecule has 1 aromatic rings. The second-order valence-electron chi connectivity index (χ2n) is 7.49. The Morgan fingerprint density at radius 1 is 1.19 bits per heavy atom. The summed E-state index contributed by atoms with van der Waals surface area (Å²) in [7, 11) is 1.65. The van der Waals surface area contributed by atoms with Crippen molar-refractivity contribution >= 4 is 18.3 Å². The Balaban J connectivity index is 0.00000243. The maximum absolute atomic E-state index is 12.5. The van der Waals surface area contributed by atoms with Crippen LogP contribution in [0.2, 0.25) is 0 Å². The van der Waals surface area contributed by atoms with Gasteiger partial charge < -0.3 is 20.5 Å². The third-order valence-electron chi connectivity index (χ3n) is 5.58. The van der Waals surface area contributed by atoms with E-state index in [0.29, 0.717) is 5.75 Å². The summed E-state index contributed by atoms with van der Waals surface area (Å²) in [5.41, 5.74) is 6.53. The SMILES string of the molecule is COc1cc(C(C)NC(=O)C2(N)CCCC2)ccc1OC1CCCC1.Cl. The Morgan fingerprint density at radius 3 is 2.46 bits per heavy atom. The molecule has 1 unspecified atom stereocenters. The van der Waals surface area contributed by atoms with E-state index >= 15 is 0 Å². The predicted octanol–water partition coefficient (Wildman–Crippen LogP) is 3.89. The molecule has 1 amide bonds. The number of ether oxygens (including phenoxy) is 2. The number of nitrogens with one attached hydrogen (secondary N) is 1. The van der Waals surface area contributed by atoms with Crippen LogP contribution in [0.5, 0.6) is 11.5 Å². The van der Waals surface area contributed by atoms with Crippen molar-refractivity contribution in [2.24, 2.45) is 5.73 Å². The fourth-order valence-corrected chi connectivity index (χ4v) is 3.89. The van der Waals surface area contributed by atoms with Gasteiger partial charge in [-0.3, -0.25) is 4.79 Å². The van der Waals surface area contributed by atoms with Gasteiger partial charge in [0.25, 0.3) is 0 Å². The number of hydrogen-bond donors (Lipinski definition) is 2. The summed E-state index contributed by atoms with van der Waals surface area (Å²) in [6.07, 6.45) is 8.55. The molecular weight excluding hydrogens is 352 g/mol. The Kier molecular flexibility index (Phi) is 7.18. The molecule has 2 aliphatic carbocycles. The molecule has 0 aliphatic heterocycles. The number of nitrogens with two attached hydrogens (primary N) is 1. The smallest absolute Gasteiger partial charge is 0.240 e. The first-order valence-corrected chi connectivity index (χ1v) is 9.46. The summed E-state index contributed by atoms with van der Waals surface area (Å²) >= 11 is 0. The minimum atomic E-state index is -0.704. The van der Waals surface area contributed by atoms with E-state index in [9.17, 15) is 4.79 Å². The molecule has 1 atom stereocenters. The molecule has 1 aromatic carbocycles. The molecule has 0 heterocycles. The van der Waals surface area contributed by atoms with E-state index in [4.69, 9.17) is 15.2 Å². The van der Waals surface area contributed by atoms with Crippen molar-refractivity contribution in [2.75, 3.05) is 7.11 Å². The van der Waals surface area contributed by atoms with Gasteiger partial charge in [0.1, 0.15) is 0 Å². The van der Waals surface area contributed by atoms with Gasteiger partial charge in [-0.2, -0.15) is 0 Å². The van der Waals surface area contributed by atoms with Crippen molar-refractivity contribution in [1.82, 2.24) is 5.32 Å². The average Bonchev–Trinajstić information content (AvgIpc) is 3.27. The maximum Gasteiger partial charge on any atom is 0.240 e. The highest BCUT2D eigenvalue weighted by Crippen LogP contribution is 2.34. The Bertz CT molecular complexity index is 611. The molecule has 2 saturated carbocycles. The van der Waals surface area contributed by atoms with Gasteiger partial charge in [-0.25, -0.2) is 0 Å². The molecular formula is C20H31ClN2O3. The van der Waals surface area contributed by atoms with E-state index in [0.717, 1.165) is 49.8 Å². The second kappa shape index (κ2) is 8.96. The summed E-state index contributed by atoms with van der Waals surface area (Å²) in [6.45, 7) is 1.97. The quantitative estimate of drug-likeness (QED) is 0.782. The summed E-state index contributed by atoms with van der Waals surface area (Å²) in [4.78, 5) is 12.5. The Morgan fingerprint density at radius 2 is 1.85 bits per heavy atom. The average molecular weight is 383 g/mol. The lowest BCUT2D eigenvalue weighted by molar-refractivity contribution is -0.126. The summed E-state index contributed by atoms with van der Waals surface area (Å²) in [5, 5.41) is 3.06. The normalized spacial score (nSPS) is 20.3. The molecule has 0 spiro atoms. The molecule has 6 heteroatoms. The lowest BCUT2D eigenvalue weighted by Gasteiger charge is -2.25. The molecule has 0 aromatic heterocycles. The van der Waals surface area contributed by atoms with E-state index < -0.39 is 5.54 Å². The number of hydrogen-bond acceptors (Lipinski definition) is 4. The maximum atomic E-state index is 12.5.